The molecule has 0 saturated carbocycles. The molecule has 2 rings (SSSR count). The van der Waals surface area contributed by atoms with E-state index in [0.717, 1.165) is 75.6 Å². The van der Waals surface area contributed by atoms with E-state index in [1.807, 2.05) is 0 Å². The van der Waals surface area contributed by atoms with Crippen LogP contribution in [0.2, 0.25) is 0 Å². The predicted molar refractivity (Wildman–Crippen MR) is 266 cm³/mol. The van der Waals surface area contributed by atoms with Crippen molar-refractivity contribution in [3.05, 3.63) is 55.7 Å². The second-order valence-electron chi connectivity index (χ2n) is 17.5. The summed E-state index contributed by atoms with van der Waals surface area (Å²) in [6, 6.07) is 9.78. The molecule has 0 unspecified atom stereocenters. The third-order valence-electron chi connectivity index (χ3n) is 11.7. The number of ether oxygens (including phenoxy) is 2. The van der Waals surface area contributed by atoms with E-state index in [9.17, 15) is 43.2 Å². The van der Waals surface area contributed by atoms with Crippen molar-refractivity contribution in [2.45, 2.75) is 230 Å². The number of rotatable bonds is 41. The third-order valence-corrected chi connectivity index (χ3v) is 24.3. The van der Waals surface area contributed by atoms with E-state index in [-0.39, 0.29) is 18.6 Å². The van der Waals surface area contributed by atoms with Crippen LogP contribution in [0.15, 0.2) is 48.5 Å². The van der Waals surface area contributed by atoms with Crippen molar-refractivity contribution in [2.75, 3.05) is 13.2 Å². The Morgan fingerprint density at radius 3 is 0.803 bits per heavy atom. The van der Waals surface area contributed by atoms with Gasteiger partial charge < -0.3 is 0 Å². The summed E-state index contributed by atoms with van der Waals surface area (Å²) in [4.78, 5) is 0. The summed E-state index contributed by atoms with van der Waals surface area (Å²) in [6.07, 6.45) is 38.6. The van der Waals surface area contributed by atoms with Crippen LogP contribution in [-0.4, -0.2) is 43.0 Å². The van der Waals surface area contributed by atoms with Gasteiger partial charge in [0.1, 0.15) is 0 Å². The van der Waals surface area contributed by atoms with Gasteiger partial charge in [-0.3, -0.25) is 0 Å². The van der Waals surface area contributed by atoms with Gasteiger partial charge in [-0.15, -0.1) is 0 Å². The molecule has 0 aromatic heterocycles. The molecule has 0 radical (unpaired) electrons. The first-order valence-corrected chi connectivity index (χ1v) is 31.2. The van der Waals surface area contributed by atoms with Crippen LogP contribution in [0.25, 0.3) is 0 Å². The number of sulfonamides is 2. The molecule has 384 valence electrons. The van der Waals surface area contributed by atoms with Crippen molar-refractivity contribution < 1.29 is 52.7 Å². The first kappa shape index (κ1) is 60.3. The van der Waals surface area contributed by atoms with Crippen molar-refractivity contribution in [1.82, 2.24) is 1.92 Å². The summed E-state index contributed by atoms with van der Waals surface area (Å²) in [5, 5.41) is 0. The molecule has 0 atom stereocenters. The quantitative estimate of drug-likeness (QED) is 0.0285. The van der Waals surface area contributed by atoms with Crippen LogP contribution in [0, 0.1) is 7.14 Å². The molecule has 66 heavy (non-hydrogen) atoms. The van der Waals surface area contributed by atoms with Gasteiger partial charge in [-0.1, -0.05) is 142 Å². The van der Waals surface area contributed by atoms with E-state index < -0.39 is 53.1 Å². The Bertz CT molecular complexity index is 1600. The number of nitrogens with zero attached hydrogens (tertiary/aromatic N) is 1. The zero-order valence-corrected chi connectivity index (χ0v) is 43.8. The van der Waals surface area contributed by atoms with Gasteiger partial charge in [-0.05, 0) is 0 Å². The van der Waals surface area contributed by atoms with Crippen LogP contribution in [0.3, 0.4) is 0 Å². The van der Waals surface area contributed by atoms with Crippen LogP contribution in [0.1, 0.15) is 219 Å². The van der Waals surface area contributed by atoms with Crippen molar-refractivity contribution in [2.24, 2.45) is 0 Å². The maximum atomic E-state index is 14.0. The Morgan fingerprint density at radius 1 is 0.379 bits per heavy atom. The number of unbranched alkanes of at least 4 members (excludes halogenated alkanes) is 30. The molecule has 0 amide bonds. The Morgan fingerprint density at radius 2 is 0.591 bits per heavy atom. The topological polar surface area (TPSA) is 90.0 Å². The van der Waals surface area contributed by atoms with Crippen LogP contribution in [0.4, 0.5) is 26.3 Å². The predicted octanol–water partition coefficient (Wildman–Crippen LogP) is 17.4. The normalized spacial score (nSPS) is 12.8. The molecule has 0 N–H and O–H groups in total. The fourth-order valence-electron chi connectivity index (χ4n) is 7.74. The van der Waals surface area contributed by atoms with Gasteiger partial charge in [-0.2, -0.15) is 0 Å². The summed E-state index contributed by atoms with van der Waals surface area (Å²) in [5.41, 5.74) is -12.7. The van der Waals surface area contributed by atoms with Gasteiger partial charge in [0.15, 0.2) is 0 Å². The molecular formula is C50H82F6INO6S2. The fraction of sp³-hybridized carbons (Fsp3) is 0.760. The molecule has 0 spiro atoms. The first-order chi connectivity index (χ1) is 31.6. The number of hydrogen-bond acceptors (Lipinski definition) is 6. The third kappa shape index (κ3) is 24.2. The summed E-state index contributed by atoms with van der Waals surface area (Å²) in [5.74, 6) is 0.523. The first-order valence-electron chi connectivity index (χ1n) is 25.2. The molecule has 0 aliphatic heterocycles. The molecule has 7 nitrogen and oxygen atoms in total. The van der Waals surface area contributed by atoms with Crippen molar-refractivity contribution in [3.8, 4) is 11.5 Å². The molecule has 0 saturated heterocycles. The van der Waals surface area contributed by atoms with E-state index in [0.29, 0.717) is 13.2 Å². The van der Waals surface area contributed by atoms with Crippen molar-refractivity contribution in [3.63, 3.8) is 0 Å². The summed E-state index contributed by atoms with van der Waals surface area (Å²) in [6.45, 7) is 5.10. The zero-order chi connectivity index (χ0) is 48.6. The molecule has 0 aliphatic rings. The van der Waals surface area contributed by atoms with Gasteiger partial charge in [0.25, 0.3) is 0 Å². The molecule has 0 fully saturated rings. The molecule has 0 aliphatic carbocycles. The second-order valence-corrected chi connectivity index (χ2v) is 27.6. The molecular weight excluding hydrogens is 1020 g/mol. The van der Waals surface area contributed by atoms with E-state index in [2.05, 4.69) is 13.8 Å². The molecule has 0 heterocycles. The molecule has 2 aromatic carbocycles. The van der Waals surface area contributed by atoms with Gasteiger partial charge >= 0.3 is 263 Å². The fourth-order valence-corrected chi connectivity index (χ4v) is 20.3. The number of halogens is 7. The number of hydrogen-bond donors (Lipinski definition) is 0. The van der Waals surface area contributed by atoms with E-state index in [1.165, 1.54) is 178 Å². The summed E-state index contributed by atoms with van der Waals surface area (Å²) >= 11 is -4.85. The average molecular weight is 1100 g/mol. The van der Waals surface area contributed by atoms with Crippen LogP contribution < -0.4 is 9.47 Å². The van der Waals surface area contributed by atoms with E-state index in [1.54, 1.807) is 0 Å². The Kier molecular flexibility index (Phi) is 31.5. The van der Waals surface area contributed by atoms with Crippen LogP contribution in [0.5, 0.6) is 11.5 Å². The minimum absolute atomic E-state index is 0.261. The maximum absolute atomic E-state index is 14.0. The summed E-state index contributed by atoms with van der Waals surface area (Å²) in [7, 11) is -14.1. The Balaban J connectivity index is 1.92. The van der Waals surface area contributed by atoms with Gasteiger partial charge in [0.2, 0.25) is 0 Å². The SMILES string of the molecule is CCCCCCCCCCCCCCCCCCOc1ccc(I(c2ccc(OCCCCCCCCCCCCCCCCCC)cc2)N(S(=O)(=O)C(F)(F)F)S(=O)(=O)C(F)(F)F)cc1. The minimum atomic E-state index is -7.04. The standard InChI is InChI=1S/C50H82F6INO6S2/c1-3-5-7-9-11-13-15-17-19-21-23-25-27-29-31-33-43-63-47-39-35-45(36-40-47)57(58(65(59,60)49(51,52)53)66(61,62)50(54,55)56)46-37-41-48(42-38-46)64-44-34-32-30-28-26-24-22-20-18-16-14-12-10-8-6-4-2/h35-42H,3-34,43-44H2,1-2H3. The number of benzene rings is 2. The monoisotopic (exact) mass is 1100 g/mol. The molecule has 16 heteroatoms. The van der Waals surface area contributed by atoms with Crippen LogP contribution in [-0.2, 0) is 20.0 Å². The Labute approximate surface area is 403 Å². The average Bonchev–Trinajstić information content (AvgIpc) is 3.27. The summed E-state index contributed by atoms with van der Waals surface area (Å²) < 4.78 is 145. The van der Waals surface area contributed by atoms with Crippen LogP contribution >= 0.6 is 20.1 Å². The Hall–Kier alpha value is -1.79. The van der Waals surface area contributed by atoms with Gasteiger partial charge in [0.05, 0.1) is 0 Å². The number of alkyl halides is 6. The molecule has 2 aromatic rings. The van der Waals surface area contributed by atoms with Gasteiger partial charge in [-0.25, -0.2) is 0 Å². The second kappa shape index (κ2) is 34.5. The van der Waals surface area contributed by atoms with E-state index in [4.69, 9.17) is 9.47 Å². The zero-order valence-electron chi connectivity index (χ0n) is 40.0. The molecule has 0 bridgehead atoms. The van der Waals surface area contributed by atoms with E-state index >= 15 is 0 Å². The van der Waals surface area contributed by atoms with Gasteiger partial charge in [0, 0.05) is 0 Å². The van der Waals surface area contributed by atoms with Crippen molar-refractivity contribution in [1.29, 1.82) is 0 Å². The van der Waals surface area contributed by atoms with Crippen molar-refractivity contribution >= 4 is 40.1 Å².